The Kier molecular flexibility index (Phi) is 5.89. The Morgan fingerprint density at radius 1 is 1.44 bits per heavy atom. The molecule has 0 aromatic carbocycles. The number of nitrogens with one attached hydrogen (secondary N) is 1. The van der Waals surface area contributed by atoms with Gasteiger partial charge in [0.1, 0.15) is 5.60 Å². The van der Waals surface area contributed by atoms with Crippen LogP contribution in [0.2, 0.25) is 18.1 Å². The number of oxime groups is 1. The summed E-state index contributed by atoms with van der Waals surface area (Å²) in [6.07, 6.45) is 2.16. The zero-order valence-corrected chi connectivity index (χ0v) is 18.1. The fourth-order valence-corrected chi connectivity index (χ4v) is 4.54. The van der Waals surface area contributed by atoms with E-state index in [0.29, 0.717) is 6.42 Å². The number of H-pyrrole nitrogens is 1. The molecular weight excluding hydrogens is 366 g/mol. The van der Waals surface area contributed by atoms with E-state index in [1.807, 2.05) is 13.8 Å². The number of hydrogen-bond donors (Lipinski definition) is 2. The van der Waals surface area contributed by atoms with Gasteiger partial charge in [-0.15, -0.1) is 0 Å². The highest BCUT2D eigenvalue weighted by Gasteiger charge is 2.55. The number of ether oxygens (including phenoxy) is 1. The minimum Gasteiger partial charge on any atom is -0.411 e. The highest BCUT2D eigenvalue weighted by Crippen LogP contribution is 2.47. The molecule has 0 radical (unpaired) electrons. The van der Waals surface area contributed by atoms with Gasteiger partial charge in [0.15, 0.2) is 14.5 Å². The molecule has 1 unspecified atom stereocenters. The highest BCUT2D eigenvalue weighted by molar-refractivity contribution is 6.74. The zero-order chi connectivity index (χ0) is 20.6. The standard InChI is InChI=1S/C18H31N3O5Si/c1-8-18(11-19-24)12(2)14(26-27(6,7)17(3,4)5)15(25-18)21-10-9-13(22)20-16(21)23/h9-12,14-15,24H,8H2,1-7H3,(H,20,22,23)/b19-11+/t12-,14?,15+,18-/m0/s1. The van der Waals surface area contributed by atoms with Crippen LogP contribution in [-0.4, -0.2) is 41.0 Å². The first kappa shape index (κ1) is 21.6. The molecule has 27 heavy (non-hydrogen) atoms. The molecule has 1 aliphatic rings. The first-order valence-corrected chi connectivity index (χ1v) is 12.1. The Hall–Kier alpha value is -1.71. The number of nitrogens with zero attached hydrogens (tertiary/aromatic N) is 2. The fourth-order valence-electron chi connectivity index (χ4n) is 3.19. The first-order valence-electron chi connectivity index (χ1n) is 9.24. The second-order valence-corrected chi connectivity index (χ2v) is 13.5. The van der Waals surface area contributed by atoms with Crippen LogP contribution >= 0.6 is 0 Å². The van der Waals surface area contributed by atoms with Crippen molar-refractivity contribution < 1.29 is 14.4 Å². The van der Waals surface area contributed by atoms with Crippen molar-refractivity contribution in [3.8, 4) is 0 Å². The van der Waals surface area contributed by atoms with Crippen molar-refractivity contribution in [1.82, 2.24) is 9.55 Å². The fraction of sp³-hybridized carbons (Fsp3) is 0.722. The lowest BCUT2D eigenvalue weighted by Gasteiger charge is -2.40. The summed E-state index contributed by atoms with van der Waals surface area (Å²) in [4.78, 5) is 26.1. The topological polar surface area (TPSA) is 106 Å². The third-order valence-electron chi connectivity index (χ3n) is 6.08. The van der Waals surface area contributed by atoms with Crippen LogP contribution in [0.1, 0.15) is 47.3 Å². The van der Waals surface area contributed by atoms with Crippen molar-refractivity contribution in [3.63, 3.8) is 0 Å². The molecule has 0 spiro atoms. The van der Waals surface area contributed by atoms with E-state index in [2.05, 4.69) is 44.0 Å². The lowest BCUT2D eigenvalue weighted by molar-refractivity contribution is -0.0597. The van der Waals surface area contributed by atoms with Crippen LogP contribution in [0.4, 0.5) is 0 Å². The number of aromatic amines is 1. The van der Waals surface area contributed by atoms with Crippen molar-refractivity contribution in [2.24, 2.45) is 11.1 Å². The van der Waals surface area contributed by atoms with E-state index in [-0.39, 0.29) is 11.0 Å². The number of hydrogen-bond acceptors (Lipinski definition) is 6. The zero-order valence-electron chi connectivity index (χ0n) is 17.1. The van der Waals surface area contributed by atoms with Crippen LogP contribution in [0.5, 0.6) is 0 Å². The molecule has 2 N–H and O–H groups in total. The van der Waals surface area contributed by atoms with E-state index in [9.17, 15) is 14.8 Å². The van der Waals surface area contributed by atoms with Crippen LogP contribution in [0, 0.1) is 5.92 Å². The van der Waals surface area contributed by atoms with Crippen LogP contribution in [0.15, 0.2) is 27.0 Å². The third kappa shape index (κ3) is 3.95. The van der Waals surface area contributed by atoms with Gasteiger partial charge < -0.3 is 14.4 Å². The van der Waals surface area contributed by atoms with Crippen LogP contribution in [-0.2, 0) is 9.16 Å². The predicted octanol–water partition coefficient (Wildman–Crippen LogP) is 2.70. The second kappa shape index (κ2) is 7.37. The van der Waals surface area contributed by atoms with Crippen LogP contribution in [0.25, 0.3) is 0 Å². The molecule has 0 saturated carbocycles. The Bertz CT molecular complexity index is 810. The molecule has 152 valence electrons. The Labute approximate surface area is 160 Å². The maximum absolute atomic E-state index is 12.4. The van der Waals surface area contributed by atoms with Gasteiger partial charge in [-0.25, -0.2) is 4.79 Å². The minimum atomic E-state index is -2.19. The molecule has 1 saturated heterocycles. The van der Waals surface area contributed by atoms with Gasteiger partial charge in [0.05, 0.1) is 12.3 Å². The van der Waals surface area contributed by atoms with Gasteiger partial charge in [-0.05, 0) is 24.6 Å². The average molecular weight is 398 g/mol. The first-order chi connectivity index (χ1) is 12.4. The van der Waals surface area contributed by atoms with E-state index >= 15 is 0 Å². The van der Waals surface area contributed by atoms with E-state index in [4.69, 9.17) is 9.16 Å². The molecule has 1 fully saturated rings. The number of aromatic nitrogens is 2. The third-order valence-corrected chi connectivity index (χ3v) is 10.5. The van der Waals surface area contributed by atoms with Gasteiger partial charge in [0, 0.05) is 18.2 Å². The molecule has 2 rings (SSSR count). The van der Waals surface area contributed by atoms with Gasteiger partial charge in [-0.1, -0.05) is 39.8 Å². The van der Waals surface area contributed by atoms with Crippen LogP contribution < -0.4 is 11.2 Å². The predicted molar refractivity (Wildman–Crippen MR) is 106 cm³/mol. The monoisotopic (exact) mass is 397 g/mol. The van der Waals surface area contributed by atoms with Gasteiger partial charge in [-0.2, -0.15) is 0 Å². The summed E-state index contributed by atoms with van der Waals surface area (Å²) in [5.41, 5.74) is -1.90. The summed E-state index contributed by atoms with van der Waals surface area (Å²) < 4.78 is 14.3. The summed E-state index contributed by atoms with van der Waals surface area (Å²) in [5, 5.41) is 12.4. The summed E-state index contributed by atoms with van der Waals surface area (Å²) in [6, 6.07) is 1.28. The van der Waals surface area contributed by atoms with E-state index in [1.54, 1.807) is 0 Å². The molecule has 8 nitrogen and oxygen atoms in total. The lowest BCUT2D eigenvalue weighted by Crippen LogP contribution is -2.48. The van der Waals surface area contributed by atoms with Crippen molar-refractivity contribution in [1.29, 1.82) is 0 Å². The molecule has 2 heterocycles. The maximum Gasteiger partial charge on any atom is 0.330 e. The van der Waals surface area contributed by atoms with E-state index < -0.39 is 37.5 Å². The summed E-state index contributed by atoms with van der Waals surface area (Å²) >= 11 is 0. The normalized spacial score (nSPS) is 29.5. The van der Waals surface area contributed by atoms with Gasteiger partial charge in [0.2, 0.25) is 0 Å². The Morgan fingerprint density at radius 2 is 2.07 bits per heavy atom. The summed E-state index contributed by atoms with van der Waals surface area (Å²) in [5.74, 6) is -0.170. The Morgan fingerprint density at radius 3 is 2.56 bits per heavy atom. The molecule has 0 bridgehead atoms. The lowest BCUT2D eigenvalue weighted by atomic mass is 9.86. The van der Waals surface area contributed by atoms with Crippen molar-refractivity contribution in [2.45, 2.75) is 77.1 Å². The van der Waals surface area contributed by atoms with E-state index in [1.165, 1.54) is 23.0 Å². The molecule has 1 aromatic rings. The average Bonchev–Trinajstić information content (AvgIpc) is 2.80. The molecule has 4 atom stereocenters. The molecule has 9 heteroatoms. The minimum absolute atomic E-state index is 0.0320. The maximum atomic E-state index is 12.4. The number of rotatable bonds is 5. The van der Waals surface area contributed by atoms with E-state index in [0.717, 1.165) is 0 Å². The van der Waals surface area contributed by atoms with Crippen molar-refractivity contribution in [2.75, 3.05) is 0 Å². The quantitative estimate of drug-likeness (QED) is 0.344. The molecule has 1 aromatic heterocycles. The largest absolute Gasteiger partial charge is 0.411 e. The van der Waals surface area contributed by atoms with Gasteiger partial charge >= 0.3 is 5.69 Å². The molecule has 0 aliphatic carbocycles. The molecular formula is C18H31N3O5Si. The van der Waals surface area contributed by atoms with Gasteiger partial charge in [0.25, 0.3) is 5.56 Å². The molecule has 1 aliphatic heterocycles. The smallest absolute Gasteiger partial charge is 0.330 e. The van der Waals surface area contributed by atoms with Crippen LogP contribution in [0.3, 0.4) is 0 Å². The van der Waals surface area contributed by atoms with Crippen molar-refractivity contribution >= 4 is 14.5 Å². The van der Waals surface area contributed by atoms with Gasteiger partial charge in [-0.3, -0.25) is 14.3 Å². The highest BCUT2D eigenvalue weighted by atomic mass is 28.4. The summed E-state index contributed by atoms with van der Waals surface area (Å²) in [6.45, 7) is 14.6. The molecule has 0 amide bonds. The SMILES string of the molecule is CC[C@@]1(/C=N/O)O[C@@H](n2ccc(=O)[nH]c2=O)C(O[Si](C)(C)C(C)(C)C)[C@@H]1C. The summed E-state index contributed by atoms with van der Waals surface area (Å²) in [7, 11) is -2.19. The Balaban J connectivity index is 2.56. The van der Waals surface area contributed by atoms with Crippen molar-refractivity contribution in [3.05, 3.63) is 33.1 Å². The second-order valence-electron chi connectivity index (χ2n) is 8.71.